The molecule has 1 fully saturated rings. The number of rotatable bonds is 7. The van der Waals surface area contributed by atoms with Gasteiger partial charge in [-0.25, -0.2) is 4.98 Å². The SMILES string of the molecule is COc1ccc(-c2cnnc(N(C)CC3CCN(CC(C)C)C3)n2)cc1. The van der Waals surface area contributed by atoms with E-state index >= 15 is 0 Å². The third-order valence-corrected chi connectivity index (χ3v) is 4.80. The Morgan fingerprint density at radius 1 is 1.27 bits per heavy atom. The minimum atomic E-state index is 0.659. The van der Waals surface area contributed by atoms with Gasteiger partial charge in [-0.1, -0.05) is 13.8 Å². The zero-order valence-electron chi connectivity index (χ0n) is 16.2. The molecule has 0 bridgehead atoms. The predicted octanol–water partition coefficient (Wildman–Crippen LogP) is 2.96. The normalized spacial score (nSPS) is 17.7. The Morgan fingerprint density at radius 3 is 2.73 bits per heavy atom. The summed E-state index contributed by atoms with van der Waals surface area (Å²) in [6, 6.07) is 7.85. The van der Waals surface area contributed by atoms with Crippen LogP contribution in [0.25, 0.3) is 11.3 Å². The van der Waals surface area contributed by atoms with Crippen molar-refractivity contribution in [2.24, 2.45) is 11.8 Å². The lowest BCUT2D eigenvalue weighted by atomic mass is 10.1. The molecule has 2 aromatic rings. The molecule has 1 saturated heterocycles. The van der Waals surface area contributed by atoms with E-state index in [1.807, 2.05) is 24.3 Å². The van der Waals surface area contributed by atoms with Crippen LogP contribution in [0.1, 0.15) is 20.3 Å². The zero-order chi connectivity index (χ0) is 18.5. The van der Waals surface area contributed by atoms with E-state index in [0.29, 0.717) is 11.9 Å². The van der Waals surface area contributed by atoms with Crippen molar-refractivity contribution in [1.29, 1.82) is 0 Å². The largest absolute Gasteiger partial charge is 0.497 e. The molecule has 6 heteroatoms. The van der Waals surface area contributed by atoms with E-state index in [4.69, 9.17) is 9.72 Å². The van der Waals surface area contributed by atoms with E-state index in [9.17, 15) is 0 Å². The quantitative estimate of drug-likeness (QED) is 0.761. The fraction of sp³-hybridized carbons (Fsp3) is 0.550. The molecule has 0 spiro atoms. The Kier molecular flexibility index (Phi) is 6.04. The van der Waals surface area contributed by atoms with Crippen LogP contribution in [0.5, 0.6) is 5.75 Å². The molecule has 1 atom stereocenters. The number of likely N-dealkylation sites (tertiary alicyclic amines) is 1. The van der Waals surface area contributed by atoms with E-state index in [0.717, 1.165) is 36.0 Å². The van der Waals surface area contributed by atoms with Crippen molar-refractivity contribution in [1.82, 2.24) is 20.1 Å². The summed E-state index contributed by atoms with van der Waals surface area (Å²) in [4.78, 5) is 9.40. The van der Waals surface area contributed by atoms with Gasteiger partial charge in [0.2, 0.25) is 5.95 Å². The van der Waals surface area contributed by atoms with Gasteiger partial charge in [-0.2, -0.15) is 5.10 Å². The summed E-state index contributed by atoms with van der Waals surface area (Å²) in [6.45, 7) is 9.07. The molecule has 2 heterocycles. The molecule has 0 aliphatic carbocycles. The molecular weight excluding hydrogens is 326 g/mol. The maximum Gasteiger partial charge on any atom is 0.245 e. The fourth-order valence-electron chi connectivity index (χ4n) is 3.57. The van der Waals surface area contributed by atoms with Crippen LogP contribution >= 0.6 is 0 Å². The summed E-state index contributed by atoms with van der Waals surface area (Å²) in [6.07, 6.45) is 2.95. The minimum Gasteiger partial charge on any atom is -0.497 e. The molecule has 1 unspecified atom stereocenters. The Labute approximate surface area is 156 Å². The second kappa shape index (κ2) is 8.45. The van der Waals surface area contributed by atoms with Crippen LogP contribution in [0.2, 0.25) is 0 Å². The van der Waals surface area contributed by atoms with Crippen LogP contribution in [0.15, 0.2) is 30.5 Å². The van der Waals surface area contributed by atoms with Crippen molar-refractivity contribution in [2.75, 3.05) is 45.2 Å². The van der Waals surface area contributed by atoms with Gasteiger partial charge in [0.1, 0.15) is 5.75 Å². The second-order valence-corrected chi connectivity index (χ2v) is 7.56. The molecule has 0 radical (unpaired) electrons. The van der Waals surface area contributed by atoms with Gasteiger partial charge in [-0.3, -0.25) is 0 Å². The second-order valence-electron chi connectivity index (χ2n) is 7.56. The fourth-order valence-corrected chi connectivity index (χ4v) is 3.57. The molecule has 140 valence electrons. The van der Waals surface area contributed by atoms with Crippen LogP contribution < -0.4 is 9.64 Å². The third-order valence-electron chi connectivity index (χ3n) is 4.80. The summed E-state index contributed by atoms with van der Waals surface area (Å²) >= 11 is 0. The Bertz CT molecular complexity index is 704. The first-order valence-electron chi connectivity index (χ1n) is 9.32. The topological polar surface area (TPSA) is 54.4 Å². The first kappa shape index (κ1) is 18.6. The molecule has 3 rings (SSSR count). The van der Waals surface area contributed by atoms with Crippen LogP contribution in [0.3, 0.4) is 0 Å². The van der Waals surface area contributed by atoms with Crippen molar-refractivity contribution in [3.8, 4) is 17.0 Å². The molecular formula is C20H29N5O. The number of hydrogen-bond donors (Lipinski definition) is 0. The van der Waals surface area contributed by atoms with Gasteiger partial charge < -0.3 is 14.5 Å². The van der Waals surface area contributed by atoms with Crippen LogP contribution in [-0.4, -0.2) is 60.4 Å². The van der Waals surface area contributed by atoms with Gasteiger partial charge in [0.15, 0.2) is 0 Å². The summed E-state index contributed by atoms with van der Waals surface area (Å²) in [7, 11) is 3.72. The van der Waals surface area contributed by atoms with E-state index in [-0.39, 0.29) is 0 Å². The number of methoxy groups -OCH3 is 1. The van der Waals surface area contributed by atoms with Crippen molar-refractivity contribution in [2.45, 2.75) is 20.3 Å². The lowest BCUT2D eigenvalue weighted by Crippen LogP contribution is -2.30. The third kappa shape index (κ3) is 4.69. The van der Waals surface area contributed by atoms with Gasteiger partial charge in [0.05, 0.1) is 19.0 Å². The number of ether oxygens (including phenoxy) is 1. The molecule has 26 heavy (non-hydrogen) atoms. The maximum absolute atomic E-state index is 5.21. The van der Waals surface area contributed by atoms with Crippen LogP contribution in [0.4, 0.5) is 5.95 Å². The molecule has 1 aromatic carbocycles. The highest BCUT2D eigenvalue weighted by Gasteiger charge is 2.24. The summed E-state index contributed by atoms with van der Waals surface area (Å²) < 4.78 is 5.21. The highest BCUT2D eigenvalue weighted by molar-refractivity contribution is 5.60. The number of anilines is 1. The van der Waals surface area contributed by atoms with Gasteiger partial charge in [-0.05, 0) is 49.1 Å². The molecule has 6 nitrogen and oxygen atoms in total. The lowest BCUT2D eigenvalue weighted by molar-refractivity contribution is 0.287. The average molecular weight is 355 g/mol. The van der Waals surface area contributed by atoms with E-state index < -0.39 is 0 Å². The molecule has 0 saturated carbocycles. The number of benzene rings is 1. The van der Waals surface area contributed by atoms with E-state index in [2.05, 4.69) is 40.9 Å². The molecule has 0 amide bonds. The summed E-state index contributed by atoms with van der Waals surface area (Å²) in [5.41, 5.74) is 1.84. The molecule has 1 aliphatic heterocycles. The predicted molar refractivity (Wildman–Crippen MR) is 104 cm³/mol. The lowest BCUT2D eigenvalue weighted by Gasteiger charge is -2.22. The Balaban J connectivity index is 1.64. The van der Waals surface area contributed by atoms with Gasteiger partial charge in [0, 0.05) is 32.2 Å². The monoisotopic (exact) mass is 355 g/mol. The summed E-state index contributed by atoms with van der Waals surface area (Å²) in [5.74, 6) is 2.90. The number of aromatic nitrogens is 3. The van der Waals surface area contributed by atoms with E-state index in [1.165, 1.54) is 19.5 Å². The Morgan fingerprint density at radius 2 is 2.04 bits per heavy atom. The standard InChI is InChI=1S/C20H29N5O/c1-15(2)12-25-10-9-16(14-25)13-24(3)20-22-19(11-21-23-20)17-5-7-18(26-4)8-6-17/h5-8,11,15-16H,9-10,12-14H2,1-4H3. The number of hydrogen-bond acceptors (Lipinski definition) is 6. The zero-order valence-corrected chi connectivity index (χ0v) is 16.2. The minimum absolute atomic E-state index is 0.659. The first-order chi connectivity index (χ1) is 12.5. The van der Waals surface area contributed by atoms with Crippen molar-refractivity contribution < 1.29 is 4.74 Å². The average Bonchev–Trinajstić information content (AvgIpc) is 3.08. The van der Waals surface area contributed by atoms with Crippen molar-refractivity contribution in [3.05, 3.63) is 30.5 Å². The van der Waals surface area contributed by atoms with Crippen LogP contribution in [0, 0.1) is 11.8 Å². The van der Waals surface area contributed by atoms with Crippen molar-refractivity contribution in [3.63, 3.8) is 0 Å². The maximum atomic E-state index is 5.21. The van der Waals surface area contributed by atoms with Gasteiger partial charge in [0.25, 0.3) is 0 Å². The highest BCUT2D eigenvalue weighted by Crippen LogP contribution is 2.23. The molecule has 0 N–H and O–H groups in total. The molecule has 1 aliphatic rings. The molecule has 1 aromatic heterocycles. The van der Waals surface area contributed by atoms with Gasteiger partial charge in [-0.15, -0.1) is 5.10 Å². The Hall–Kier alpha value is -2.21. The first-order valence-corrected chi connectivity index (χ1v) is 9.32. The highest BCUT2D eigenvalue weighted by atomic mass is 16.5. The number of nitrogens with zero attached hydrogens (tertiary/aromatic N) is 5. The van der Waals surface area contributed by atoms with Crippen LogP contribution in [-0.2, 0) is 0 Å². The van der Waals surface area contributed by atoms with E-state index in [1.54, 1.807) is 13.3 Å². The summed E-state index contributed by atoms with van der Waals surface area (Å²) in [5, 5.41) is 8.39. The van der Waals surface area contributed by atoms with Crippen molar-refractivity contribution >= 4 is 5.95 Å². The van der Waals surface area contributed by atoms with Gasteiger partial charge >= 0.3 is 0 Å². The smallest absolute Gasteiger partial charge is 0.245 e.